The van der Waals surface area contributed by atoms with Gasteiger partial charge in [-0.3, -0.25) is 0 Å². The van der Waals surface area contributed by atoms with E-state index < -0.39 is 58.1 Å². The van der Waals surface area contributed by atoms with Crippen LogP contribution in [-0.4, -0.2) is 58.1 Å². The van der Waals surface area contributed by atoms with Gasteiger partial charge in [0.25, 0.3) is 0 Å². The molecule has 0 atom stereocenters. The first-order valence-corrected chi connectivity index (χ1v) is 10.9. The van der Waals surface area contributed by atoms with Crippen molar-refractivity contribution in [2.75, 3.05) is 0 Å². The van der Waals surface area contributed by atoms with Gasteiger partial charge in [-0.05, 0) is 0 Å². The van der Waals surface area contributed by atoms with Gasteiger partial charge in [0.15, 0.2) is 0 Å². The molecule has 0 amide bonds. The standard InChI is InChI=1S/B10Cl12.Li.H/c11-1(3(13)5(15)7(17)9(19)20)2(12)4(14)6(16)8(18)10(21)22;;/q;+1;-1. The van der Waals surface area contributed by atoms with Crippen LogP contribution in [0.25, 0.3) is 0 Å². The molecule has 0 aromatic carbocycles. The van der Waals surface area contributed by atoms with Crippen molar-refractivity contribution >= 4 is 196 Å². The van der Waals surface area contributed by atoms with Crippen molar-refractivity contribution in [3.63, 3.8) is 0 Å². The fourth-order valence-electron chi connectivity index (χ4n) is 1.33. The predicted octanol–water partition coefficient (Wildman–Crippen LogP) is 1.58. The second-order valence-corrected chi connectivity index (χ2v) is 10.6. The molecule has 0 unspecified atom stereocenters. The monoisotopic (exact) mass is 538 g/mol. The summed E-state index contributed by atoms with van der Waals surface area (Å²) in [5.41, 5.74) is -1.87. The van der Waals surface area contributed by atoms with Crippen molar-refractivity contribution in [3.05, 3.63) is 0 Å². The van der Waals surface area contributed by atoms with Crippen molar-refractivity contribution in [2.45, 2.75) is 0 Å². The summed E-state index contributed by atoms with van der Waals surface area (Å²) >= 11 is 71.5. The smallest absolute Gasteiger partial charge is 1.00 e. The molecule has 0 heterocycles. The van der Waals surface area contributed by atoms with Gasteiger partial charge in [0.05, 0.1) is 0 Å². The first-order valence-electron chi connectivity index (χ1n) is 5.62. The van der Waals surface area contributed by atoms with E-state index >= 15 is 0 Å². The van der Waals surface area contributed by atoms with E-state index in [4.69, 9.17) is 138 Å². The zero-order valence-electron chi connectivity index (χ0n) is 12.3. The summed E-state index contributed by atoms with van der Waals surface area (Å²) in [6, 6.07) is 0. The van der Waals surface area contributed by atoms with Crippen LogP contribution in [0.1, 0.15) is 1.43 Å². The molecule has 23 heteroatoms. The molecule has 0 aromatic rings. The van der Waals surface area contributed by atoms with Crippen molar-refractivity contribution in [1.29, 1.82) is 0 Å². The average molecular weight is 542 g/mol. The van der Waals surface area contributed by atoms with E-state index in [1.54, 1.807) is 0 Å². The van der Waals surface area contributed by atoms with Gasteiger partial charge in [-0.1, -0.05) is 0 Å². The average Bonchev–Trinajstić information content (AvgIpc) is 2.48. The van der Waals surface area contributed by atoms with Gasteiger partial charge in [0, 0.05) is 0 Å². The summed E-state index contributed by atoms with van der Waals surface area (Å²) < 4.78 is 0. The molecule has 0 aliphatic carbocycles. The third-order valence-corrected chi connectivity index (χ3v) is 9.42. The fourth-order valence-corrected chi connectivity index (χ4v) is 4.88. The predicted molar refractivity (Wildman–Crippen MR) is 129 cm³/mol. The van der Waals surface area contributed by atoms with Crippen molar-refractivity contribution in [3.8, 4) is 0 Å². The van der Waals surface area contributed by atoms with E-state index in [-0.39, 0.29) is 20.3 Å². The molecule has 0 saturated carbocycles. The quantitative estimate of drug-likeness (QED) is 0.389. The number of hydrogen-bond donors (Lipinski definition) is 0. The van der Waals surface area contributed by atoms with Gasteiger partial charge < -0.3 is 1.43 Å². The normalized spacial score (nSPS) is 9.39. The summed E-state index contributed by atoms with van der Waals surface area (Å²) in [6.07, 6.45) is 0. The number of halogens is 12. The topological polar surface area (TPSA) is 0 Å². The molecule has 0 rings (SSSR count). The molecule has 0 aromatic heterocycles. The van der Waals surface area contributed by atoms with Crippen LogP contribution in [0.2, 0.25) is 0 Å². The van der Waals surface area contributed by atoms with Crippen LogP contribution in [0, 0.1) is 0 Å². The maximum Gasteiger partial charge on any atom is 1.00 e. The summed E-state index contributed by atoms with van der Waals surface area (Å²) in [5, 5.41) is 0. The van der Waals surface area contributed by atoms with Gasteiger partial charge >= 0.3 is 29.7 Å². The SMILES string of the molecule is ClB(Cl)B(Cl)B(Cl)B(Cl)B(Cl)B(Cl)B(Cl)B(Cl)B(Cl)B(Cl)Cl.[H-].[Li+]. The van der Waals surface area contributed by atoms with Crippen molar-refractivity contribution in [1.82, 2.24) is 0 Å². The maximum absolute atomic E-state index is 6.20. The Morgan fingerprint density at radius 2 is 0.435 bits per heavy atom. The van der Waals surface area contributed by atoms with E-state index in [2.05, 4.69) is 0 Å². The van der Waals surface area contributed by atoms with Crippen LogP contribution in [0.4, 0.5) is 0 Å². The second-order valence-electron chi connectivity index (χ2n) is 4.22. The summed E-state index contributed by atoms with van der Waals surface area (Å²) in [7, 11) is 0. The van der Waals surface area contributed by atoms with E-state index in [0.29, 0.717) is 0 Å². The summed E-state index contributed by atoms with van der Waals surface area (Å²) in [4.78, 5) is 0. The minimum atomic E-state index is -0.934. The van der Waals surface area contributed by atoms with Crippen LogP contribution >= 0.6 is 138 Å². The Bertz CT molecular complexity index is 294. The Labute approximate surface area is 213 Å². The molecule has 0 N–H and O–H groups in total. The minimum absolute atomic E-state index is 0. The summed E-state index contributed by atoms with van der Waals surface area (Å²) in [6.45, 7) is 0. The second kappa shape index (κ2) is 14.7. The fraction of sp³-hybridized carbons (Fsp3) is 0. The molecule has 0 saturated heterocycles. The maximum atomic E-state index is 6.20. The van der Waals surface area contributed by atoms with Crippen LogP contribution < -0.4 is 18.9 Å². The van der Waals surface area contributed by atoms with Crippen LogP contribution in [0.5, 0.6) is 0 Å². The van der Waals surface area contributed by atoms with Gasteiger partial charge in [-0.15, -0.1) is 0 Å². The molecule has 0 spiro atoms. The van der Waals surface area contributed by atoms with E-state index in [1.807, 2.05) is 0 Å². The molecule has 0 nitrogen and oxygen atoms in total. The van der Waals surface area contributed by atoms with Crippen LogP contribution in [-0.2, 0) is 0 Å². The molecule has 0 bridgehead atoms. The molecule has 0 radical (unpaired) electrons. The zero-order valence-corrected chi connectivity index (χ0v) is 20.4. The Hall–Kier alpha value is 4.73. The van der Waals surface area contributed by atoms with Gasteiger partial charge in [-0.25, -0.2) is 91.7 Å². The van der Waals surface area contributed by atoms with Gasteiger partial charge in [-0.2, -0.15) is 45.8 Å². The van der Waals surface area contributed by atoms with Gasteiger partial charge in [0.2, 0.25) is 47.3 Å². The summed E-state index contributed by atoms with van der Waals surface area (Å²) in [5.74, 6) is -6.93. The Morgan fingerprint density at radius 1 is 0.304 bits per heavy atom. The van der Waals surface area contributed by atoms with Crippen LogP contribution in [0.15, 0.2) is 0 Å². The zero-order chi connectivity index (χ0) is 17.8. The third-order valence-electron chi connectivity index (χ3n) is 2.61. The molecule has 23 heavy (non-hydrogen) atoms. The minimum Gasteiger partial charge on any atom is -1.00 e. The third kappa shape index (κ3) is 9.85. The molecular formula is HB10Cl12Li. The van der Waals surface area contributed by atoms with Crippen molar-refractivity contribution < 1.29 is 20.3 Å². The Morgan fingerprint density at radius 3 is 0.565 bits per heavy atom. The van der Waals surface area contributed by atoms with E-state index in [1.165, 1.54) is 0 Å². The Kier molecular flexibility index (Phi) is 19.1. The Balaban J connectivity index is -0.00000220. The first kappa shape index (κ1) is 29.9. The van der Waals surface area contributed by atoms with Crippen molar-refractivity contribution in [2.24, 2.45) is 0 Å². The van der Waals surface area contributed by atoms with Crippen LogP contribution in [0.3, 0.4) is 0 Å². The molecule has 0 fully saturated rings. The molecule has 0 aliphatic heterocycles. The first-order chi connectivity index (χ1) is 9.93. The van der Waals surface area contributed by atoms with E-state index in [9.17, 15) is 0 Å². The van der Waals surface area contributed by atoms with E-state index in [0.717, 1.165) is 0 Å². The molecular weight excluding hydrogens is 540 g/mol. The number of hydrogen-bond acceptors (Lipinski definition) is 0. The molecule has 116 valence electrons. The number of rotatable bonds is 9. The largest absolute Gasteiger partial charge is 1.00 e. The van der Waals surface area contributed by atoms with Gasteiger partial charge in [0.1, 0.15) is 0 Å². The molecule has 0 aliphatic rings.